The fourth-order valence-electron chi connectivity index (χ4n) is 2.53. The maximum atomic E-state index is 12.5. The zero-order chi connectivity index (χ0) is 14.9. The summed E-state index contributed by atoms with van der Waals surface area (Å²) in [6.45, 7) is 1.44. The first kappa shape index (κ1) is 14.8. The second kappa shape index (κ2) is 5.92. The van der Waals surface area contributed by atoms with Gasteiger partial charge in [-0.05, 0) is 25.0 Å². The Hall–Kier alpha value is -1.15. The van der Waals surface area contributed by atoms with Gasteiger partial charge >= 0.3 is 0 Å². The molecule has 1 aromatic carbocycles. The summed E-state index contributed by atoms with van der Waals surface area (Å²) >= 11 is 0. The van der Waals surface area contributed by atoms with Crippen LogP contribution in [0.2, 0.25) is 0 Å². The number of aliphatic hydroxyl groups excluding tert-OH is 1. The van der Waals surface area contributed by atoms with Gasteiger partial charge in [-0.3, -0.25) is 0 Å². The molecular formula is C14H20N2O4S. The van der Waals surface area contributed by atoms with E-state index >= 15 is 0 Å². The molecule has 1 heterocycles. The number of rotatable bonds is 5. The summed E-state index contributed by atoms with van der Waals surface area (Å²) in [4.78, 5) is 2.20. The predicted molar refractivity (Wildman–Crippen MR) is 78.8 cm³/mol. The van der Waals surface area contributed by atoms with Gasteiger partial charge in [0.1, 0.15) is 4.90 Å². The molecular weight excluding hydrogens is 292 g/mol. The molecule has 2 fully saturated rings. The third-order valence-electron chi connectivity index (χ3n) is 3.80. The number of hydrogen-bond donors (Lipinski definition) is 2. The number of nitrogens with one attached hydrogen (secondary N) is 1. The van der Waals surface area contributed by atoms with Gasteiger partial charge in [-0.15, -0.1) is 0 Å². The van der Waals surface area contributed by atoms with Crippen molar-refractivity contribution in [2.45, 2.75) is 29.8 Å². The minimum absolute atomic E-state index is 0.0650. The van der Waals surface area contributed by atoms with E-state index in [1.165, 1.54) is 0 Å². The van der Waals surface area contributed by atoms with Crippen LogP contribution in [0.3, 0.4) is 0 Å². The van der Waals surface area contributed by atoms with Crippen LogP contribution >= 0.6 is 0 Å². The molecule has 21 heavy (non-hydrogen) atoms. The van der Waals surface area contributed by atoms with Gasteiger partial charge in [0, 0.05) is 12.6 Å². The van der Waals surface area contributed by atoms with Gasteiger partial charge in [0.25, 0.3) is 0 Å². The van der Waals surface area contributed by atoms with E-state index < -0.39 is 10.0 Å². The number of ether oxygens (including phenoxy) is 1. The number of hydrogen-bond acceptors (Lipinski definition) is 5. The first-order valence-corrected chi connectivity index (χ1v) is 8.67. The molecule has 1 saturated carbocycles. The van der Waals surface area contributed by atoms with Crippen molar-refractivity contribution in [2.24, 2.45) is 0 Å². The Morgan fingerprint density at radius 3 is 2.81 bits per heavy atom. The van der Waals surface area contributed by atoms with E-state index in [0.717, 1.165) is 12.8 Å². The van der Waals surface area contributed by atoms with Crippen molar-refractivity contribution in [3.8, 4) is 0 Å². The molecule has 1 saturated heterocycles. The quantitative estimate of drug-likeness (QED) is 0.819. The van der Waals surface area contributed by atoms with E-state index in [1.807, 2.05) is 11.0 Å². The molecule has 1 aliphatic carbocycles. The van der Waals surface area contributed by atoms with Crippen molar-refractivity contribution < 1.29 is 18.3 Å². The Bertz CT molecular complexity index is 601. The Labute approximate surface area is 124 Å². The second-order valence-corrected chi connectivity index (χ2v) is 7.15. The van der Waals surface area contributed by atoms with Crippen LogP contribution < -0.4 is 9.62 Å². The number of para-hydroxylation sites is 1. The van der Waals surface area contributed by atoms with Gasteiger partial charge in [-0.1, -0.05) is 12.1 Å². The van der Waals surface area contributed by atoms with Gasteiger partial charge in [0.15, 0.2) is 0 Å². The molecule has 7 heteroatoms. The molecule has 0 amide bonds. The first-order chi connectivity index (χ1) is 10.1. The van der Waals surface area contributed by atoms with Crippen LogP contribution in [0.15, 0.2) is 29.2 Å². The number of anilines is 1. The van der Waals surface area contributed by atoms with Crippen LogP contribution in [0, 0.1) is 0 Å². The van der Waals surface area contributed by atoms with Crippen molar-refractivity contribution in [1.82, 2.24) is 4.72 Å². The maximum Gasteiger partial charge on any atom is 0.242 e. The van der Waals surface area contributed by atoms with Gasteiger partial charge < -0.3 is 14.7 Å². The summed E-state index contributed by atoms with van der Waals surface area (Å²) < 4.78 is 33.1. The molecule has 1 atom stereocenters. The minimum atomic E-state index is -3.52. The van der Waals surface area contributed by atoms with Crippen LogP contribution in [0.1, 0.15) is 12.8 Å². The first-order valence-electron chi connectivity index (χ1n) is 7.18. The third kappa shape index (κ3) is 3.21. The van der Waals surface area contributed by atoms with Crippen molar-refractivity contribution in [2.75, 3.05) is 31.3 Å². The largest absolute Gasteiger partial charge is 0.394 e. The number of nitrogens with zero attached hydrogens (tertiary/aromatic N) is 1. The lowest BCUT2D eigenvalue weighted by molar-refractivity contribution is 0.0724. The standard InChI is InChI=1S/C14H20N2O4S/c17-9-12-10-20-8-7-16(12)13-3-1-2-4-14(13)21(18,19)15-11-5-6-11/h1-4,11-12,15,17H,5-10H2. The van der Waals surface area contributed by atoms with E-state index in [4.69, 9.17) is 4.74 Å². The molecule has 2 aliphatic rings. The Balaban J connectivity index is 1.94. The zero-order valence-electron chi connectivity index (χ0n) is 11.7. The predicted octanol–water partition coefficient (Wildman–Crippen LogP) is 0.325. The van der Waals surface area contributed by atoms with Crippen LogP contribution in [0.4, 0.5) is 5.69 Å². The number of aliphatic hydroxyl groups is 1. The van der Waals surface area contributed by atoms with E-state index in [9.17, 15) is 13.5 Å². The maximum absolute atomic E-state index is 12.5. The molecule has 2 N–H and O–H groups in total. The number of sulfonamides is 1. The lowest BCUT2D eigenvalue weighted by atomic mass is 10.2. The summed E-state index contributed by atoms with van der Waals surface area (Å²) in [5.74, 6) is 0. The highest BCUT2D eigenvalue weighted by molar-refractivity contribution is 7.89. The average Bonchev–Trinajstić information content (AvgIpc) is 3.30. The normalized spacial score (nSPS) is 23.3. The molecule has 0 aromatic heterocycles. The highest BCUT2D eigenvalue weighted by atomic mass is 32.2. The zero-order valence-corrected chi connectivity index (χ0v) is 12.6. The average molecular weight is 312 g/mol. The van der Waals surface area contributed by atoms with E-state index in [0.29, 0.717) is 25.4 Å². The molecule has 6 nitrogen and oxygen atoms in total. The minimum Gasteiger partial charge on any atom is -0.394 e. The van der Waals surface area contributed by atoms with Crippen LogP contribution in [0.25, 0.3) is 0 Å². The van der Waals surface area contributed by atoms with Crippen molar-refractivity contribution in [3.63, 3.8) is 0 Å². The highest BCUT2D eigenvalue weighted by Gasteiger charge is 2.32. The lowest BCUT2D eigenvalue weighted by Gasteiger charge is -2.37. The van der Waals surface area contributed by atoms with Gasteiger partial charge in [-0.25, -0.2) is 13.1 Å². The molecule has 116 valence electrons. The van der Waals surface area contributed by atoms with Crippen molar-refractivity contribution in [1.29, 1.82) is 0 Å². The molecule has 0 spiro atoms. The topological polar surface area (TPSA) is 78.9 Å². The number of benzene rings is 1. The van der Waals surface area contributed by atoms with Crippen LogP contribution in [-0.2, 0) is 14.8 Å². The summed E-state index contributed by atoms with van der Waals surface area (Å²) in [5, 5.41) is 9.49. The SMILES string of the molecule is O=S(=O)(NC1CC1)c1ccccc1N1CCOCC1CO. The van der Waals surface area contributed by atoms with E-state index in [1.54, 1.807) is 18.2 Å². The Morgan fingerprint density at radius 2 is 2.10 bits per heavy atom. The molecule has 1 aromatic rings. The number of morpholine rings is 1. The van der Waals surface area contributed by atoms with Crippen LogP contribution in [0.5, 0.6) is 0 Å². The third-order valence-corrected chi connectivity index (χ3v) is 5.37. The molecule has 0 radical (unpaired) electrons. The highest BCUT2D eigenvalue weighted by Crippen LogP contribution is 2.30. The van der Waals surface area contributed by atoms with Crippen molar-refractivity contribution >= 4 is 15.7 Å². The van der Waals surface area contributed by atoms with E-state index in [-0.39, 0.29) is 23.6 Å². The smallest absolute Gasteiger partial charge is 0.242 e. The second-order valence-electron chi connectivity index (χ2n) is 5.47. The fraction of sp³-hybridized carbons (Fsp3) is 0.571. The molecule has 0 bridgehead atoms. The summed E-state index contributed by atoms with van der Waals surface area (Å²) in [6, 6.07) is 6.80. The van der Waals surface area contributed by atoms with Gasteiger partial charge in [0.05, 0.1) is 31.5 Å². The summed E-state index contributed by atoms with van der Waals surface area (Å²) in [7, 11) is -3.52. The van der Waals surface area contributed by atoms with Crippen molar-refractivity contribution in [3.05, 3.63) is 24.3 Å². The molecule has 1 aliphatic heterocycles. The Morgan fingerprint density at radius 1 is 1.33 bits per heavy atom. The molecule has 3 rings (SSSR count). The molecule has 1 unspecified atom stereocenters. The summed E-state index contributed by atoms with van der Waals surface area (Å²) in [6.07, 6.45) is 1.80. The fourth-order valence-corrected chi connectivity index (χ4v) is 4.05. The van der Waals surface area contributed by atoms with Crippen LogP contribution in [-0.4, -0.2) is 52.0 Å². The van der Waals surface area contributed by atoms with Gasteiger partial charge in [0.2, 0.25) is 10.0 Å². The lowest BCUT2D eigenvalue weighted by Crippen LogP contribution is -2.48. The van der Waals surface area contributed by atoms with Gasteiger partial charge in [-0.2, -0.15) is 0 Å². The Kier molecular flexibility index (Phi) is 4.17. The van der Waals surface area contributed by atoms with E-state index in [2.05, 4.69) is 4.72 Å². The monoisotopic (exact) mass is 312 g/mol. The summed E-state index contributed by atoms with van der Waals surface area (Å²) in [5.41, 5.74) is 0.632.